The fourth-order valence-electron chi connectivity index (χ4n) is 3.35. The van der Waals surface area contributed by atoms with Crippen LogP contribution in [0.5, 0.6) is 0 Å². The van der Waals surface area contributed by atoms with Crippen molar-refractivity contribution in [2.24, 2.45) is 5.41 Å². The minimum atomic E-state index is -0.443. The molecular weight excluding hydrogens is 232 g/mol. The van der Waals surface area contributed by atoms with Gasteiger partial charge in [-0.25, -0.2) is 0 Å². The molecule has 19 heavy (non-hydrogen) atoms. The summed E-state index contributed by atoms with van der Waals surface area (Å²) in [7, 11) is 0. The van der Waals surface area contributed by atoms with E-state index in [2.05, 4.69) is 52.0 Å². The third-order valence-corrected chi connectivity index (χ3v) is 4.52. The second-order valence-electron chi connectivity index (χ2n) is 6.43. The second-order valence-corrected chi connectivity index (χ2v) is 6.43. The van der Waals surface area contributed by atoms with Gasteiger partial charge in [0.25, 0.3) is 0 Å². The van der Waals surface area contributed by atoms with Gasteiger partial charge in [0, 0.05) is 0 Å². The van der Waals surface area contributed by atoms with E-state index < -0.39 is 6.10 Å². The van der Waals surface area contributed by atoms with Gasteiger partial charge in [0.15, 0.2) is 0 Å². The Kier molecular flexibility index (Phi) is 4.15. The Balaban J connectivity index is 2.33. The molecule has 0 radical (unpaired) electrons. The van der Waals surface area contributed by atoms with Crippen LogP contribution in [0.1, 0.15) is 64.2 Å². The largest absolute Gasteiger partial charge is 0.384 e. The molecule has 1 aromatic rings. The Morgan fingerprint density at radius 2 is 1.84 bits per heavy atom. The maximum Gasteiger partial charge on any atom is 0.101 e. The van der Waals surface area contributed by atoms with Crippen LogP contribution in [-0.4, -0.2) is 5.11 Å². The normalized spacial score (nSPS) is 20.5. The molecule has 1 aliphatic carbocycles. The number of benzene rings is 1. The van der Waals surface area contributed by atoms with Gasteiger partial charge < -0.3 is 5.11 Å². The molecule has 0 amide bonds. The number of hydrogen-bond donors (Lipinski definition) is 1. The Morgan fingerprint density at radius 3 is 2.37 bits per heavy atom. The molecule has 0 saturated carbocycles. The molecule has 1 heteroatoms. The highest BCUT2D eigenvalue weighted by molar-refractivity contribution is 5.35. The molecule has 0 aromatic heterocycles. The van der Waals surface area contributed by atoms with Crippen molar-refractivity contribution >= 4 is 0 Å². The minimum absolute atomic E-state index is 0.116. The Labute approximate surface area is 117 Å². The van der Waals surface area contributed by atoms with Crippen molar-refractivity contribution < 1.29 is 5.11 Å². The molecule has 1 N–H and O–H groups in total. The van der Waals surface area contributed by atoms with Crippen molar-refractivity contribution in [2.75, 3.05) is 0 Å². The van der Waals surface area contributed by atoms with Gasteiger partial charge in [0.05, 0.1) is 0 Å². The highest BCUT2D eigenvalue weighted by Gasteiger charge is 2.33. The summed E-state index contributed by atoms with van der Waals surface area (Å²) in [5, 5.41) is 10.8. The highest BCUT2D eigenvalue weighted by Crippen LogP contribution is 2.45. The lowest BCUT2D eigenvalue weighted by atomic mass is 9.69. The molecule has 0 fully saturated rings. The number of rotatable bonds is 3. The summed E-state index contributed by atoms with van der Waals surface area (Å²) in [5.74, 6) is 0. The van der Waals surface area contributed by atoms with E-state index in [4.69, 9.17) is 0 Å². The third-order valence-electron chi connectivity index (χ3n) is 4.52. The van der Waals surface area contributed by atoms with Crippen LogP contribution in [0.4, 0.5) is 0 Å². The first kappa shape index (κ1) is 14.3. The maximum atomic E-state index is 10.8. The van der Waals surface area contributed by atoms with Crippen molar-refractivity contribution in [1.29, 1.82) is 0 Å². The first-order valence-corrected chi connectivity index (χ1v) is 7.42. The van der Waals surface area contributed by atoms with Crippen LogP contribution in [0.15, 0.2) is 35.4 Å². The van der Waals surface area contributed by atoms with Crippen LogP contribution < -0.4 is 0 Å². The van der Waals surface area contributed by atoms with Crippen LogP contribution in [0.2, 0.25) is 0 Å². The summed E-state index contributed by atoms with van der Waals surface area (Å²) >= 11 is 0. The van der Waals surface area contributed by atoms with Crippen molar-refractivity contribution in [1.82, 2.24) is 0 Å². The van der Waals surface area contributed by atoms with E-state index in [0.717, 1.165) is 18.4 Å². The number of aryl methyl sites for hydroxylation is 1. The topological polar surface area (TPSA) is 20.2 Å². The van der Waals surface area contributed by atoms with Crippen LogP contribution in [0, 0.1) is 5.41 Å². The van der Waals surface area contributed by atoms with Crippen LogP contribution in [-0.2, 0) is 6.42 Å². The summed E-state index contributed by atoms with van der Waals surface area (Å²) in [4.78, 5) is 0. The summed E-state index contributed by atoms with van der Waals surface area (Å²) < 4.78 is 0. The minimum Gasteiger partial charge on any atom is -0.384 e. The van der Waals surface area contributed by atoms with E-state index in [-0.39, 0.29) is 5.41 Å². The summed E-state index contributed by atoms with van der Waals surface area (Å²) in [5.41, 5.74) is 5.09. The van der Waals surface area contributed by atoms with Gasteiger partial charge in [-0.1, -0.05) is 50.6 Å². The number of aliphatic hydroxyl groups is 1. The Hall–Kier alpha value is -1.08. The molecule has 0 aliphatic heterocycles. The molecule has 1 unspecified atom stereocenters. The smallest absolute Gasteiger partial charge is 0.101 e. The molecule has 1 aromatic carbocycles. The predicted molar refractivity (Wildman–Crippen MR) is 81.1 cm³/mol. The van der Waals surface area contributed by atoms with Gasteiger partial charge >= 0.3 is 0 Å². The van der Waals surface area contributed by atoms with E-state index in [1.807, 2.05) is 0 Å². The molecule has 0 heterocycles. The van der Waals surface area contributed by atoms with Gasteiger partial charge in [-0.15, -0.1) is 0 Å². The van der Waals surface area contributed by atoms with Crippen LogP contribution in [0.25, 0.3) is 0 Å². The number of hydrogen-bond acceptors (Lipinski definition) is 1. The molecule has 0 bridgehead atoms. The SMILES string of the molecule is CCc1ccc(C(O)C2=C(C)CCCC2(C)C)cc1. The highest BCUT2D eigenvalue weighted by atomic mass is 16.3. The van der Waals surface area contributed by atoms with E-state index in [9.17, 15) is 5.11 Å². The molecule has 1 atom stereocenters. The van der Waals surface area contributed by atoms with Crippen LogP contribution >= 0.6 is 0 Å². The second kappa shape index (κ2) is 5.50. The fraction of sp³-hybridized carbons (Fsp3) is 0.556. The predicted octanol–water partition coefficient (Wildman–Crippen LogP) is 4.81. The fourth-order valence-corrected chi connectivity index (χ4v) is 3.35. The molecule has 1 nitrogen and oxygen atoms in total. The first-order chi connectivity index (χ1) is 8.95. The zero-order valence-electron chi connectivity index (χ0n) is 12.7. The molecule has 2 rings (SSSR count). The zero-order chi connectivity index (χ0) is 14.0. The van der Waals surface area contributed by atoms with Gasteiger partial charge in [-0.3, -0.25) is 0 Å². The molecule has 0 spiro atoms. The Bertz CT molecular complexity index is 465. The van der Waals surface area contributed by atoms with Gasteiger partial charge in [0.1, 0.15) is 6.10 Å². The lowest BCUT2D eigenvalue weighted by molar-refractivity contribution is 0.171. The zero-order valence-corrected chi connectivity index (χ0v) is 12.7. The number of aliphatic hydroxyl groups excluding tert-OH is 1. The van der Waals surface area contributed by atoms with E-state index in [0.29, 0.717) is 0 Å². The average molecular weight is 258 g/mol. The van der Waals surface area contributed by atoms with E-state index in [1.165, 1.54) is 29.6 Å². The lowest BCUT2D eigenvalue weighted by Gasteiger charge is -2.37. The standard InChI is InChI=1S/C18H26O/c1-5-14-8-10-15(11-9-14)17(19)16-13(2)7-6-12-18(16,3)4/h8-11,17,19H,5-7,12H2,1-4H3. The maximum absolute atomic E-state index is 10.8. The first-order valence-electron chi connectivity index (χ1n) is 7.42. The Morgan fingerprint density at radius 1 is 1.21 bits per heavy atom. The molecule has 0 saturated heterocycles. The van der Waals surface area contributed by atoms with Gasteiger partial charge in [0.2, 0.25) is 0 Å². The van der Waals surface area contributed by atoms with Crippen LogP contribution in [0.3, 0.4) is 0 Å². The van der Waals surface area contributed by atoms with Gasteiger partial charge in [-0.05, 0) is 54.7 Å². The monoisotopic (exact) mass is 258 g/mol. The quantitative estimate of drug-likeness (QED) is 0.771. The van der Waals surface area contributed by atoms with E-state index >= 15 is 0 Å². The van der Waals surface area contributed by atoms with Gasteiger partial charge in [-0.2, -0.15) is 0 Å². The molecule has 104 valence electrons. The summed E-state index contributed by atoms with van der Waals surface area (Å²) in [6, 6.07) is 8.41. The lowest BCUT2D eigenvalue weighted by Crippen LogP contribution is -2.25. The molecular formula is C18H26O. The molecule has 1 aliphatic rings. The van der Waals surface area contributed by atoms with Crippen molar-refractivity contribution in [3.63, 3.8) is 0 Å². The summed E-state index contributed by atoms with van der Waals surface area (Å²) in [6.07, 6.45) is 4.14. The average Bonchev–Trinajstić information content (AvgIpc) is 2.37. The van der Waals surface area contributed by atoms with Crippen molar-refractivity contribution in [3.05, 3.63) is 46.5 Å². The number of allylic oxidation sites excluding steroid dienone is 1. The van der Waals surface area contributed by atoms with Crippen molar-refractivity contribution in [2.45, 2.75) is 59.5 Å². The van der Waals surface area contributed by atoms with Crippen molar-refractivity contribution in [3.8, 4) is 0 Å². The third kappa shape index (κ3) is 2.92. The van der Waals surface area contributed by atoms with E-state index in [1.54, 1.807) is 0 Å². The summed E-state index contributed by atoms with van der Waals surface area (Å²) in [6.45, 7) is 8.85.